The summed E-state index contributed by atoms with van der Waals surface area (Å²) in [4.78, 5) is 19.2. The zero-order chi connectivity index (χ0) is 26.6. The van der Waals surface area contributed by atoms with E-state index in [0.29, 0.717) is 16.5 Å². The number of hydrogen-bond donors (Lipinski definition) is 2. The van der Waals surface area contributed by atoms with Gasteiger partial charge in [-0.1, -0.05) is 24.3 Å². The van der Waals surface area contributed by atoms with E-state index in [9.17, 15) is 4.79 Å². The van der Waals surface area contributed by atoms with Gasteiger partial charge in [-0.25, -0.2) is 0 Å². The molecular formula is C30H31N5O2S. The van der Waals surface area contributed by atoms with Crippen molar-refractivity contribution in [2.24, 2.45) is 0 Å². The second kappa shape index (κ2) is 11.1. The number of carbonyl (C=O) groups is 1. The molecule has 0 unspecified atom stereocenters. The summed E-state index contributed by atoms with van der Waals surface area (Å²) in [5, 5.41) is 7.06. The van der Waals surface area contributed by atoms with Crippen LogP contribution in [0.3, 0.4) is 0 Å². The minimum atomic E-state index is -0.222. The molecule has 1 aliphatic rings. The van der Waals surface area contributed by atoms with Crippen molar-refractivity contribution >= 4 is 34.6 Å². The van der Waals surface area contributed by atoms with Crippen molar-refractivity contribution < 1.29 is 9.53 Å². The molecule has 2 aromatic carbocycles. The summed E-state index contributed by atoms with van der Waals surface area (Å²) in [5.41, 5.74) is 6.21. The number of ether oxygens (including phenoxy) is 1. The van der Waals surface area contributed by atoms with Crippen molar-refractivity contribution in [1.29, 1.82) is 0 Å². The van der Waals surface area contributed by atoms with Crippen molar-refractivity contribution in [3.63, 3.8) is 0 Å². The Morgan fingerprint density at radius 1 is 1.05 bits per heavy atom. The highest BCUT2D eigenvalue weighted by atomic mass is 32.1. The van der Waals surface area contributed by atoms with Gasteiger partial charge < -0.3 is 24.8 Å². The van der Waals surface area contributed by atoms with Gasteiger partial charge in [0.2, 0.25) is 0 Å². The zero-order valence-corrected chi connectivity index (χ0v) is 22.5. The van der Waals surface area contributed by atoms with Crippen LogP contribution in [0.2, 0.25) is 0 Å². The van der Waals surface area contributed by atoms with Crippen molar-refractivity contribution in [3.8, 4) is 5.75 Å². The van der Waals surface area contributed by atoms with Gasteiger partial charge in [-0.3, -0.25) is 9.78 Å². The maximum absolute atomic E-state index is 12.4. The molecule has 5 rings (SSSR count). The van der Waals surface area contributed by atoms with Crippen LogP contribution in [0.15, 0.2) is 85.1 Å². The van der Waals surface area contributed by atoms with Crippen molar-refractivity contribution in [2.75, 3.05) is 16.8 Å². The third-order valence-corrected chi connectivity index (χ3v) is 7.20. The van der Waals surface area contributed by atoms with Gasteiger partial charge in [0.05, 0.1) is 17.8 Å². The van der Waals surface area contributed by atoms with Crippen LogP contribution in [0.5, 0.6) is 5.75 Å². The lowest BCUT2D eigenvalue weighted by Crippen LogP contribution is -2.29. The number of rotatable bonds is 8. The first-order valence-electron chi connectivity index (χ1n) is 12.7. The summed E-state index contributed by atoms with van der Waals surface area (Å²) in [6, 6.07) is 25.0. The van der Waals surface area contributed by atoms with Crippen LogP contribution in [-0.4, -0.2) is 27.2 Å². The third-order valence-electron chi connectivity index (χ3n) is 6.89. The molecule has 1 amide bonds. The number of para-hydroxylation sites is 1. The van der Waals surface area contributed by atoms with E-state index in [2.05, 4.69) is 51.9 Å². The van der Waals surface area contributed by atoms with Gasteiger partial charge in [-0.05, 0) is 93.1 Å². The van der Waals surface area contributed by atoms with Gasteiger partial charge in [-0.15, -0.1) is 0 Å². The Morgan fingerprint density at radius 2 is 1.79 bits per heavy atom. The molecule has 2 atom stereocenters. The van der Waals surface area contributed by atoms with Gasteiger partial charge in [0.15, 0.2) is 11.7 Å². The molecule has 0 radical (unpaired) electrons. The highest BCUT2D eigenvalue weighted by Gasteiger charge is 2.42. The Balaban J connectivity index is 1.40. The summed E-state index contributed by atoms with van der Waals surface area (Å²) in [7, 11) is 0. The van der Waals surface area contributed by atoms with Gasteiger partial charge in [-0.2, -0.15) is 0 Å². The molecule has 38 heavy (non-hydrogen) atoms. The first-order chi connectivity index (χ1) is 18.5. The minimum absolute atomic E-state index is 0.0627. The zero-order valence-electron chi connectivity index (χ0n) is 21.7. The van der Waals surface area contributed by atoms with E-state index < -0.39 is 0 Å². The Kier molecular flexibility index (Phi) is 7.42. The number of benzene rings is 2. The van der Waals surface area contributed by atoms with Crippen LogP contribution in [0.1, 0.15) is 41.7 Å². The van der Waals surface area contributed by atoms with Crippen LogP contribution >= 0.6 is 12.2 Å². The number of aryl methyl sites for hydroxylation is 1. The van der Waals surface area contributed by atoms with E-state index in [1.807, 2.05) is 79.0 Å². The first-order valence-corrected chi connectivity index (χ1v) is 13.1. The second-order valence-corrected chi connectivity index (χ2v) is 9.65. The molecule has 0 bridgehead atoms. The maximum Gasteiger partial charge on any atom is 0.262 e. The predicted molar refractivity (Wildman–Crippen MR) is 155 cm³/mol. The first kappa shape index (κ1) is 25.5. The summed E-state index contributed by atoms with van der Waals surface area (Å²) in [6.07, 6.45) is 1.81. The maximum atomic E-state index is 12.4. The van der Waals surface area contributed by atoms with Gasteiger partial charge >= 0.3 is 0 Å². The summed E-state index contributed by atoms with van der Waals surface area (Å²) < 4.78 is 7.87. The van der Waals surface area contributed by atoms with Gasteiger partial charge in [0.1, 0.15) is 5.75 Å². The lowest BCUT2D eigenvalue weighted by atomic mass is 9.96. The van der Waals surface area contributed by atoms with Crippen LogP contribution in [0.4, 0.5) is 11.4 Å². The summed E-state index contributed by atoms with van der Waals surface area (Å²) in [5.74, 6) is 0.434. The number of carbonyl (C=O) groups excluding carboxylic acids is 1. The number of thiocarbonyl (C=S) groups is 1. The van der Waals surface area contributed by atoms with Gasteiger partial charge in [0.25, 0.3) is 5.91 Å². The fraction of sp³-hybridized carbons (Fsp3) is 0.233. The topological polar surface area (TPSA) is 71.4 Å². The fourth-order valence-corrected chi connectivity index (χ4v) is 5.48. The molecule has 1 aliphatic heterocycles. The quantitative estimate of drug-likeness (QED) is 0.287. The summed E-state index contributed by atoms with van der Waals surface area (Å²) >= 11 is 5.87. The summed E-state index contributed by atoms with van der Waals surface area (Å²) in [6.45, 7) is 7.30. The molecule has 2 N–H and O–H groups in total. The number of hydrogen-bond acceptors (Lipinski definition) is 4. The predicted octanol–water partition coefficient (Wildman–Crippen LogP) is 5.71. The van der Waals surface area contributed by atoms with Crippen molar-refractivity contribution in [2.45, 2.75) is 39.4 Å². The average molecular weight is 526 g/mol. The molecular weight excluding hydrogens is 494 g/mol. The smallest absolute Gasteiger partial charge is 0.262 e. The van der Waals surface area contributed by atoms with Crippen LogP contribution in [0, 0.1) is 13.8 Å². The highest BCUT2D eigenvalue weighted by molar-refractivity contribution is 7.80. The molecule has 0 aliphatic carbocycles. The van der Waals surface area contributed by atoms with Crippen LogP contribution in [-0.2, 0) is 11.3 Å². The van der Waals surface area contributed by atoms with E-state index >= 15 is 0 Å². The Bertz CT molecular complexity index is 1420. The Labute approximate surface area is 228 Å². The van der Waals surface area contributed by atoms with Crippen molar-refractivity contribution in [1.82, 2.24) is 14.9 Å². The van der Waals surface area contributed by atoms with Crippen LogP contribution in [0.25, 0.3) is 0 Å². The molecule has 3 heterocycles. The molecule has 0 saturated carbocycles. The highest BCUT2D eigenvalue weighted by Crippen LogP contribution is 2.43. The van der Waals surface area contributed by atoms with E-state index in [0.717, 1.165) is 17.9 Å². The molecule has 0 spiro atoms. The normalized spacial score (nSPS) is 16.8. The Hall–Kier alpha value is -4.17. The van der Waals surface area contributed by atoms with Gasteiger partial charge in [0, 0.05) is 35.5 Å². The number of pyridine rings is 1. The van der Waals surface area contributed by atoms with E-state index in [1.165, 1.54) is 17.0 Å². The van der Waals surface area contributed by atoms with Crippen LogP contribution < -0.4 is 20.3 Å². The lowest BCUT2D eigenvalue weighted by molar-refractivity contribution is -0.118. The molecule has 1 saturated heterocycles. The number of aromatic nitrogens is 2. The molecule has 7 nitrogen and oxygen atoms in total. The molecule has 8 heteroatoms. The minimum Gasteiger partial charge on any atom is -0.484 e. The monoisotopic (exact) mass is 525 g/mol. The Morgan fingerprint density at radius 3 is 2.45 bits per heavy atom. The van der Waals surface area contributed by atoms with E-state index in [1.54, 1.807) is 0 Å². The lowest BCUT2D eigenvalue weighted by Gasteiger charge is -2.28. The SMILES string of the molecule is CCn1c(C)cc([C@@H]2[C@H](c3ccccn3)NC(=S)N2c2ccc(NC(=O)COc3ccccc3)cc2)c1C. The standard InChI is InChI=1S/C30H31N5O2S/c1-4-34-20(2)18-25(21(34)3)29-28(26-12-8-9-17-31-26)33-30(38)35(29)23-15-13-22(14-16-23)32-27(36)19-37-24-10-6-5-7-11-24/h5-18,28-29H,4,19H2,1-3H3,(H,32,36)(H,33,38)/t28-,29+/m0/s1. The number of nitrogens with one attached hydrogen (secondary N) is 2. The second-order valence-electron chi connectivity index (χ2n) is 9.26. The van der Waals surface area contributed by atoms with Crippen molar-refractivity contribution in [3.05, 3.63) is 108 Å². The number of nitrogens with zero attached hydrogens (tertiary/aromatic N) is 3. The average Bonchev–Trinajstić information content (AvgIpc) is 3.43. The molecule has 2 aromatic heterocycles. The molecule has 1 fully saturated rings. The molecule has 4 aromatic rings. The third kappa shape index (κ3) is 5.13. The number of amides is 1. The largest absolute Gasteiger partial charge is 0.484 e. The number of anilines is 2. The van der Waals surface area contributed by atoms with E-state index in [4.69, 9.17) is 17.0 Å². The molecule has 194 valence electrons. The van der Waals surface area contributed by atoms with E-state index in [-0.39, 0.29) is 24.6 Å². The fourth-order valence-electron chi connectivity index (χ4n) is 5.13.